The minimum absolute atomic E-state index is 0.00927. The molecule has 1 rings (SSSR count). The summed E-state index contributed by atoms with van der Waals surface area (Å²) in [6.07, 6.45) is -3.75. The summed E-state index contributed by atoms with van der Waals surface area (Å²) in [5.41, 5.74) is -3.04. The van der Waals surface area contributed by atoms with E-state index in [4.69, 9.17) is 11.6 Å². The van der Waals surface area contributed by atoms with E-state index >= 15 is 0 Å². The average molecular weight is 330 g/mol. The van der Waals surface area contributed by atoms with E-state index in [0.717, 1.165) is 0 Å². The highest BCUT2D eigenvalue weighted by molar-refractivity contribution is 7.99. The molecule has 0 saturated heterocycles. The van der Waals surface area contributed by atoms with Crippen molar-refractivity contribution in [2.45, 2.75) is 38.8 Å². The summed E-state index contributed by atoms with van der Waals surface area (Å²) in [5, 5.41) is 11.7. The van der Waals surface area contributed by atoms with E-state index in [9.17, 15) is 14.7 Å². The first kappa shape index (κ1) is 11.8. The highest BCUT2D eigenvalue weighted by atomic mass is 32.2. The number of aromatic hydroxyl groups is 1. The van der Waals surface area contributed by atoms with E-state index in [-0.39, 0.29) is 23.9 Å². The van der Waals surface area contributed by atoms with Crippen LogP contribution in [0.1, 0.15) is 33.2 Å². The Balaban J connectivity index is 3.06. The molecule has 0 aliphatic rings. The van der Waals surface area contributed by atoms with E-state index in [1.165, 1.54) is 24.3 Å². The van der Waals surface area contributed by atoms with Crippen LogP contribution in [0.5, 0.6) is 5.75 Å². The van der Waals surface area contributed by atoms with E-state index in [1.807, 2.05) is 0 Å². The lowest BCUT2D eigenvalue weighted by Gasteiger charge is -2.23. The van der Waals surface area contributed by atoms with Crippen LogP contribution in [0.2, 0.25) is 0 Å². The third-order valence-corrected chi connectivity index (χ3v) is 2.84. The summed E-state index contributed by atoms with van der Waals surface area (Å²) < 4.78 is 42.3. The number of hydrogen-bond acceptors (Lipinski definition) is 5. The zero-order chi connectivity index (χ0) is 21.0. The van der Waals surface area contributed by atoms with Crippen molar-refractivity contribution in [3.63, 3.8) is 0 Å². The van der Waals surface area contributed by atoms with E-state index in [2.05, 4.69) is 5.32 Å². The first-order valence-corrected chi connectivity index (χ1v) is 7.43. The average Bonchev–Trinajstić information content (AvgIpc) is 2.43. The van der Waals surface area contributed by atoms with Gasteiger partial charge in [-0.25, -0.2) is 4.79 Å². The van der Waals surface area contributed by atoms with Crippen molar-refractivity contribution in [3.8, 4) is 5.75 Å². The van der Waals surface area contributed by atoms with Gasteiger partial charge in [-0.1, -0.05) is 12.1 Å². The van der Waals surface area contributed by atoms with Gasteiger partial charge in [-0.3, -0.25) is 4.79 Å². The fourth-order valence-electron chi connectivity index (χ4n) is 1.65. The third kappa shape index (κ3) is 6.85. The van der Waals surface area contributed by atoms with Gasteiger partial charge in [-0.2, -0.15) is 11.8 Å². The second-order valence-corrected chi connectivity index (χ2v) is 6.05. The normalized spacial score (nSPS) is 17.1. The molecule has 0 unspecified atom stereocenters. The standard InChI is InChI=1S/C16H23NO4S/c1-16(2,3)21-15(20)17-13(14(19)10-22-4)9-11-5-7-12(18)8-6-11/h5-8,13,18H,9-10H2,1-4H3,(H,17,20)/t13-/m0/s1/i4D3,10D2. The predicted molar refractivity (Wildman–Crippen MR) is 88.4 cm³/mol. The van der Waals surface area contributed by atoms with Crippen LogP contribution in [-0.4, -0.2) is 40.5 Å². The van der Waals surface area contributed by atoms with Crippen molar-refractivity contribution < 1.29 is 26.3 Å². The van der Waals surface area contributed by atoms with Crippen LogP contribution < -0.4 is 5.32 Å². The van der Waals surface area contributed by atoms with Gasteiger partial charge in [0.05, 0.1) is 11.7 Å². The van der Waals surface area contributed by atoms with Crippen LogP contribution in [0.25, 0.3) is 0 Å². The Hall–Kier alpha value is -1.69. The number of carbonyl (C=O) groups is 2. The van der Waals surface area contributed by atoms with Gasteiger partial charge >= 0.3 is 6.09 Å². The molecule has 0 aliphatic heterocycles. The van der Waals surface area contributed by atoms with Gasteiger partial charge in [-0.05, 0) is 51.1 Å². The second kappa shape index (κ2) is 8.08. The first-order chi connectivity index (χ1) is 12.1. The maximum absolute atomic E-state index is 12.6. The lowest BCUT2D eigenvalue weighted by molar-refractivity contribution is -0.118. The molecule has 1 aromatic rings. The van der Waals surface area contributed by atoms with Gasteiger partial charge in [0.15, 0.2) is 5.78 Å². The number of ketones is 1. The van der Waals surface area contributed by atoms with Crippen molar-refractivity contribution in [1.29, 1.82) is 0 Å². The maximum atomic E-state index is 12.6. The zero-order valence-electron chi connectivity index (χ0n) is 17.7. The van der Waals surface area contributed by atoms with Crippen molar-refractivity contribution >= 4 is 23.6 Å². The predicted octanol–water partition coefficient (Wildman–Crippen LogP) is 2.76. The molecule has 0 spiro atoms. The van der Waals surface area contributed by atoms with Gasteiger partial charge in [0.1, 0.15) is 11.4 Å². The monoisotopic (exact) mass is 330 g/mol. The largest absolute Gasteiger partial charge is 0.508 e. The molecule has 1 aromatic carbocycles. The zero-order valence-corrected chi connectivity index (χ0v) is 13.5. The fourth-order valence-corrected chi connectivity index (χ4v) is 1.89. The van der Waals surface area contributed by atoms with Crippen LogP contribution in [0.15, 0.2) is 24.3 Å². The van der Waals surface area contributed by atoms with Gasteiger partial charge in [0.2, 0.25) is 0 Å². The Labute approximate surface area is 142 Å². The second-order valence-electron chi connectivity index (χ2n) is 5.64. The number of hydrogen-bond donors (Lipinski definition) is 2. The minimum atomic E-state index is -2.75. The lowest BCUT2D eigenvalue weighted by Crippen LogP contribution is -2.45. The number of Topliss-reactive ketones (excluding diaryl/α,β-unsaturated/α-hetero) is 1. The lowest BCUT2D eigenvalue weighted by atomic mass is 10.0. The Kier molecular flexibility index (Phi) is 4.34. The molecular weight excluding hydrogens is 302 g/mol. The van der Waals surface area contributed by atoms with Crippen LogP contribution >= 0.6 is 11.8 Å². The SMILES string of the molecule is [2H]C([2H])([2H])SC([2H])([2H])C(=O)[C@H](Cc1ccc(O)cc1)NC(=O)OC(C)(C)C. The fraction of sp³-hybridized carbons (Fsp3) is 0.500. The molecule has 1 atom stereocenters. The molecule has 0 bridgehead atoms. The molecule has 0 radical (unpaired) electrons. The van der Waals surface area contributed by atoms with Gasteiger partial charge < -0.3 is 15.2 Å². The molecular formula is C16H23NO4S. The quantitative estimate of drug-likeness (QED) is 0.839. The van der Waals surface area contributed by atoms with Crippen molar-refractivity contribution in [3.05, 3.63) is 29.8 Å². The van der Waals surface area contributed by atoms with Gasteiger partial charge in [0.25, 0.3) is 0 Å². The topological polar surface area (TPSA) is 75.6 Å². The number of alkyl carbamates (subject to hydrolysis) is 1. The van der Waals surface area contributed by atoms with Crippen LogP contribution in [0.4, 0.5) is 4.79 Å². The molecule has 22 heavy (non-hydrogen) atoms. The van der Waals surface area contributed by atoms with Gasteiger partial charge in [-0.15, -0.1) is 0 Å². The number of ether oxygens (including phenoxy) is 1. The Morgan fingerprint density at radius 1 is 1.41 bits per heavy atom. The molecule has 5 nitrogen and oxygen atoms in total. The van der Waals surface area contributed by atoms with Crippen molar-refractivity contribution in [2.75, 3.05) is 11.9 Å². The number of amides is 1. The number of benzene rings is 1. The highest BCUT2D eigenvalue weighted by Crippen LogP contribution is 2.13. The molecule has 6 heteroatoms. The van der Waals surface area contributed by atoms with Gasteiger partial charge in [0, 0.05) is 6.85 Å². The maximum Gasteiger partial charge on any atom is 0.408 e. The van der Waals surface area contributed by atoms with E-state index in [1.54, 1.807) is 20.8 Å². The summed E-state index contributed by atoms with van der Waals surface area (Å²) in [6, 6.07) is 4.44. The molecule has 2 N–H and O–H groups in total. The highest BCUT2D eigenvalue weighted by Gasteiger charge is 2.24. The molecule has 0 aromatic heterocycles. The molecule has 0 heterocycles. The molecule has 0 saturated carbocycles. The Morgan fingerprint density at radius 3 is 2.59 bits per heavy atom. The number of thioether (sulfide) groups is 1. The van der Waals surface area contributed by atoms with E-state index in [0.29, 0.717) is 5.56 Å². The molecule has 122 valence electrons. The van der Waals surface area contributed by atoms with Crippen LogP contribution in [-0.2, 0) is 16.0 Å². The smallest absolute Gasteiger partial charge is 0.408 e. The summed E-state index contributed by atoms with van der Waals surface area (Å²) in [5.74, 6) is -1.09. The van der Waals surface area contributed by atoms with Crippen molar-refractivity contribution in [2.24, 2.45) is 0 Å². The number of carbonyl (C=O) groups excluding carboxylic acids is 2. The Bertz CT molecular complexity index is 671. The number of nitrogens with one attached hydrogen (secondary N) is 1. The molecule has 0 fully saturated rings. The Morgan fingerprint density at radius 2 is 2.05 bits per heavy atom. The molecule has 1 amide bonds. The molecule has 0 aliphatic carbocycles. The van der Waals surface area contributed by atoms with E-state index < -0.39 is 35.4 Å². The number of phenolic OH excluding ortho intramolecular Hbond substituents is 1. The number of rotatable bonds is 6. The number of phenols is 1. The van der Waals surface area contributed by atoms with Crippen LogP contribution in [0, 0.1) is 0 Å². The summed E-state index contributed by atoms with van der Waals surface area (Å²) >= 11 is -0.0996. The van der Waals surface area contributed by atoms with Crippen LogP contribution in [0.3, 0.4) is 0 Å². The minimum Gasteiger partial charge on any atom is -0.508 e. The summed E-state index contributed by atoms with van der Waals surface area (Å²) in [6.45, 7) is 4.90. The van der Waals surface area contributed by atoms with Crippen molar-refractivity contribution in [1.82, 2.24) is 5.32 Å². The third-order valence-electron chi connectivity index (χ3n) is 2.54. The summed E-state index contributed by atoms with van der Waals surface area (Å²) in [4.78, 5) is 24.7. The summed E-state index contributed by atoms with van der Waals surface area (Å²) in [7, 11) is 0. The first-order valence-electron chi connectivity index (χ1n) is 9.11.